The molecular formula is C16H29NO. The number of likely N-dealkylation sites (tertiary alicyclic amines) is 1. The summed E-state index contributed by atoms with van der Waals surface area (Å²) in [5, 5.41) is 10.7. The first-order chi connectivity index (χ1) is 8.50. The van der Waals surface area contributed by atoms with Crippen LogP contribution in [0.2, 0.25) is 0 Å². The fourth-order valence-electron chi connectivity index (χ4n) is 3.67. The van der Waals surface area contributed by atoms with Crippen molar-refractivity contribution in [1.82, 2.24) is 4.90 Å². The first-order valence-corrected chi connectivity index (χ1v) is 7.62. The van der Waals surface area contributed by atoms with E-state index >= 15 is 0 Å². The smallest absolute Gasteiger partial charge is 0.0774 e. The van der Waals surface area contributed by atoms with E-state index in [2.05, 4.69) is 18.4 Å². The highest BCUT2D eigenvalue weighted by molar-refractivity contribution is 5.05. The molecule has 1 aliphatic carbocycles. The lowest BCUT2D eigenvalue weighted by Gasteiger charge is -2.46. The van der Waals surface area contributed by atoms with Gasteiger partial charge in [0, 0.05) is 6.04 Å². The minimum atomic E-state index is -0.504. The van der Waals surface area contributed by atoms with Crippen molar-refractivity contribution in [3.05, 3.63) is 12.2 Å². The molecule has 2 nitrogen and oxygen atoms in total. The zero-order valence-electron chi connectivity index (χ0n) is 12.1. The second-order valence-corrected chi connectivity index (χ2v) is 6.64. The molecule has 0 aromatic carbocycles. The molecule has 3 atom stereocenters. The summed E-state index contributed by atoms with van der Waals surface area (Å²) in [6.45, 7) is 10.6. The van der Waals surface area contributed by atoms with Gasteiger partial charge >= 0.3 is 0 Å². The molecule has 2 aliphatic rings. The predicted molar refractivity (Wildman–Crippen MR) is 76.6 cm³/mol. The Bertz CT molecular complexity index is 289. The van der Waals surface area contributed by atoms with Crippen molar-refractivity contribution in [1.29, 1.82) is 0 Å². The number of aliphatic hydroxyl groups is 1. The quantitative estimate of drug-likeness (QED) is 0.761. The van der Waals surface area contributed by atoms with Gasteiger partial charge in [-0.05, 0) is 65.0 Å². The van der Waals surface area contributed by atoms with E-state index in [1.165, 1.54) is 44.3 Å². The van der Waals surface area contributed by atoms with Crippen LogP contribution in [-0.2, 0) is 0 Å². The first-order valence-electron chi connectivity index (χ1n) is 7.62. The van der Waals surface area contributed by atoms with E-state index in [0.29, 0.717) is 12.0 Å². The zero-order valence-corrected chi connectivity index (χ0v) is 12.1. The van der Waals surface area contributed by atoms with Crippen LogP contribution in [0.25, 0.3) is 0 Å². The molecule has 104 valence electrons. The van der Waals surface area contributed by atoms with Crippen LogP contribution in [0.1, 0.15) is 58.8 Å². The maximum absolute atomic E-state index is 10.7. The van der Waals surface area contributed by atoms with Crippen molar-refractivity contribution in [3.63, 3.8) is 0 Å². The third-order valence-electron chi connectivity index (χ3n) is 5.00. The number of allylic oxidation sites excluding steroid dienone is 1. The Morgan fingerprint density at radius 2 is 1.83 bits per heavy atom. The van der Waals surface area contributed by atoms with Crippen molar-refractivity contribution in [3.8, 4) is 0 Å². The van der Waals surface area contributed by atoms with Gasteiger partial charge in [-0.25, -0.2) is 0 Å². The molecular weight excluding hydrogens is 222 g/mol. The average molecular weight is 251 g/mol. The van der Waals surface area contributed by atoms with E-state index in [9.17, 15) is 5.11 Å². The Hall–Kier alpha value is -0.340. The van der Waals surface area contributed by atoms with Gasteiger partial charge in [-0.3, -0.25) is 4.90 Å². The molecule has 18 heavy (non-hydrogen) atoms. The largest absolute Gasteiger partial charge is 0.389 e. The molecule has 2 heteroatoms. The summed E-state index contributed by atoms with van der Waals surface area (Å²) in [4.78, 5) is 2.56. The zero-order chi connectivity index (χ0) is 13.2. The third-order valence-corrected chi connectivity index (χ3v) is 5.00. The van der Waals surface area contributed by atoms with Crippen LogP contribution < -0.4 is 0 Å². The number of nitrogens with zero attached hydrogens (tertiary/aromatic N) is 1. The Labute approximate surface area is 112 Å². The SMILES string of the molecule is C=C(C)[C@@H]1CC[C@](C)(O)[C@@H](N2CCCCCC2)C1. The van der Waals surface area contributed by atoms with Crippen LogP contribution in [-0.4, -0.2) is 34.7 Å². The van der Waals surface area contributed by atoms with Crippen LogP contribution >= 0.6 is 0 Å². The summed E-state index contributed by atoms with van der Waals surface area (Å²) in [7, 11) is 0. The molecule has 1 saturated heterocycles. The molecule has 0 amide bonds. The van der Waals surface area contributed by atoms with Crippen molar-refractivity contribution < 1.29 is 5.11 Å². The van der Waals surface area contributed by atoms with Crippen LogP contribution in [0, 0.1) is 5.92 Å². The lowest BCUT2D eigenvalue weighted by atomic mass is 9.73. The number of hydrogen-bond donors (Lipinski definition) is 1. The van der Waals surface area contributed by atoms with Crippen LogP contribution in [0.5, 0.6) is 0 Å². The van der Waals surface area contributed by atoms with E-state index in [-0.39, 0.29) is 0 Å². The summed E-state index contributed by atoms with van der Waals surface area (Å²) in [6, 6.07) is 0.339. The second kappa shape index (κ2) is 5.75. The fraction of sp³-hybridized carbons (Fsp3) is 0.875. The average Bonchev–Trinajstić information content (AvgIpc) is 2.56. The molecule has 2 fully saturated rings. The monoisotopic (exact) mass is 251 g/mol. The van der Waals surface area contributed by atoms with Crippen molar-refractivity contribution >= 4 is 0 Å². The first kappa shape index (κ1) is 14.1. The topological polar surface area (TPSA) is 23.5 Å². The van der Waals surface area contributed by atoms with Gasteiger partial charge in [0.05, 0.1) is 5.60 Å². The molecule has 1 N–H and O–H groups in total. The molecule has 0 radical (unpaired) electrons. The van der Waals surface area contributed by atoms with Gasteiger partial charge in [-0.2, -0.15) is 0 Å². The van der Waals surface area contributed by atoms with Crippen LogP contribution in [0.4, 0.5) is 0 Å². The van der Waals surface area contributed by atoms with Crippen molar-refractivity contribution in [2.75, 3.05) is 13.1 Å². The van der Waals surface area contributed by atoms with Crippen molar-refractivity contribution in [2.45, 2.75) is 70.4 Å². The molecule has 0 aromatic heterocycles. The van der Waals surface area contributed by atoms with Gasteiger partial charge in [0.15, 0.2) is 0 Å². The minimum absolute atomic E-state index is 0.339. The Balaban J connectivity index is 2.07. The molecule has 0 aromatic rings. The van der Waals surface area contributed by atoms with Crippen molar-refractivity contribution in [2.24, 2.45) is 5.92 Å². The summed E-state index contributed by atoms with van der Waals surface area (Å²) < 4.78 is 0. The van der Waals surface area contributed by atoms with E-state index in [4.69, 9.17) is 0 Å². The summed E-state index contributed by atoms with van der Waals surface area (Å²) in [5.74, 6) is 0.610. The molecule has 0 bridgehead atoms. The molecule has 0 unspecified atom stereocenters. The van der Waals surface area contributed by atoms with Gasteiger partial charge in [0.25, 0.3) is 0 Å². The lowest BCUT2D eigenvalue weighted by Crippen LogP contribution is -2.54. The molecule has 1 saturated carbocycles. The highest BCUT2D eigenvalue weighted by Gasteiger charge is 2.41. The normalized spacial score (nSPS) is 39.3. The lowest BCUT2D eigenvalue weighted by molar-refractivity contribution is -0.0684. The second-order valence-electron chi connectivity index (χ2n) is 6.64. The Kier molecular flexibility index (Phi) is 4.50. The molecule has 0 spiro atoms. The molecule has 1 heterocycles. The van der Waals surface area contributed by atoms with E-state index in [1.54, 1.807) is 0 Å². The summed E-state index contributed by atoms with van der Waals surface area (Å²) >= 11 is 0. The summed E-state index contributed by atoms with van der Waals surface area (Å²) in [6.07, 6.45) is 8.43. The minimum Gasteiger partial charge on any atom is -0.389 e. The number of rotatable bonds is 2. The molecule has 1 aliphatic heterocycles. The van der Waals surface area contributed by atoms with Crippen LogP contribution in [0.3, 0.4) is 0 Å². The highest BCUT2D eigenvalue weighted by Crippen LogP contribution is 2.38. The maximum Gasteiger partial charge on any atom is 0.0774 e. The molecule has 2 rings (SSSR count). The van der Waals surface area contributed by atoms with E-state index in [0.717, 1.165) is 19.3 Å². The predicted octanol–water partition coefficient (Wildman–Crippen LogP) is 3.36. The van der Waals surface area contributed by atoms with Crippen LogP contribution in [0.15, 0.2) is 12.2 Å². The van der Waals surface area contributed by atoms with E-state index < -0.39 is 5.60 Å². The van der Waals surface area contributed by atoms with Gasteiger partial charge in [0.2, 0.25) is 0 Å². The maximum atomic E-state index is 10.7. The van der Waals surface area contributed by atoms with E-state index in [1.807, 2.05) is 6.92 Å². The van der Waals surface area contributed by atoms with Gasteiger partial charge in [-0.1, -0.05) is 25.0 Å². The highest BCUT2D eigenvalue weighted by atomic mass is 16.3. The van der Waals surface area contributed by atoms with Gasteiger partial charge < -0.3 is 5.11 Å². The standard InChI is InChI=1S/C16H29NO/c1-13(2)14-8-9-16(3,18)15(12-14)17-10-6-4-5-7-11-17/h14-15,18H,1,4-12H2,2-3H3/t14-,15+,16+/m1/s1. The summed E-state index contributed by atoms with van der Waals surface area (Å²) in [5.41, 5.74) is 0.793. The Morgan fingerprint density at radius 3 is 2.39 bits per heavy atom. The third kappa shape index (κ3) is 3.16. The van der Waals surface area contributed by atoms with Gasteiger partial charge in [0.1, 0.15) is 0 Å². The fourth-order valence-corrected chi connectivity index (χ4v) is 3.67. The number of hydrogen-bond acceptors (Lipinski definition) is 2. The van der Waals surface area contributed by atoms with Gasteiger partial charge in [-0.15, -0.1) is 0 Å². The Morgan fingerprint density at radius 1 is 1.22 bits per heavy atom.